The Morgan fingerprint density at radius 3 is 0.608 bits per heavy atom. The van der Waals surface area contributed by atoms with Crippen LogP contribution in [0.5, 0.6) is 0 Å². The maximum absolute atomic E-state index is 13.1. The molecule has 0 amide bonds. The van der Waals surface area contributed by atoms with Gasteiger partial charge in [-0.15, -0.1) is 0 Å². The molecule has 5 atom stereocenters. The number of ether oxygens (including phenoxy) is 4. The maximum Gasteiger partial charge on any atom is 0.472 e. The summed E-state index contributed by atoms with van der Waals surface area (Å²) in [6.45, 7) is 5.00. The fourth-order valence-electron chi connectivity index (χ4n) is 12.1. The lowest BCUT2D eigenvalue weighted by atomic mass is 10.0. The number of unbranched alkanes of at least 4 members (excludes halogenated alkanes) is 53. The highest BCUT2D eigenvalue weighted by molar-refractivity contribution is 7.47. The van der Waals surface area contributed by atoms with Gasteiger partial charge >= 0.3 is 39.5 Å². The molecule has 0 saturated heterocycles. The van der Waals surface area contributed by atoms with Crippen molar-refractivity contribution in [2.24, 2.45) is 0 Å². The van der Waals surface area contributed by atoms with Gasteiger partial charge in [0, 0.05) is 25.7 Å². The first-order valence-electron chi connectivity index (χ1n) is 40.8. The third-order valence-electron chi connectivity index (χ3n) is 18.4. The Balaban J connectivity index is 5.21. The van der Waals surface area contributed by atoms with E-state index in [1.54, 1.807) is 0 Å². The largest absolute Gasteiger partial charge is 0.472 e. The van der Waals surface area contributed by atoms with Crippen LogP contribution >= 0.6 is 15.6 Å². The molecule has 3 N–H and O–H groups in total. The van der Waals surface area contributed by atoms with Crippen LogP contribution in [0.1, 0.15) is 419 Å². The quantitative estimate of drug-likeness (QED) is 0.0222. The minimum Gasteiger partial charge on any atom is -0.462 e. The number of carbonyl (C=O) groups excluding carboxylic acids is 4. The molecule has 0 aliphatic heterocycles. The van der Waals surface area contributed by atoms with E-state index in [4.69, 9.17) is 37.0 Å². The first kappa shape index (κ1) is 95.1. The second kappa shape index (κ2) is 72.4. The van der Waals surface area contributed by atoms with E-state index >= 15 is 0 Å². The Morgan fingerprint density at radius 2 is 0.412 bits per heavy atom. The fraction of sp³-hybridized carbons (Fsp3) is 0.949. The lowest BCUT2D eigenvalue weighted by molar-refractivity contribution is -0.161. The van der Waals surface area contributed by atoms with Gasteiger partial charge in [-0.3, -0.25) is 37.3 Å². The zero-order valence-corrected chi connectivity index (χ0v) is 64.8. The van der Waals surface area contributed by atoms with Gasteiger partial charge in [0.2, 0.25) is 0 Å². The summed E-state index contributed by atoms with van der Waals surface area (Å²) in [5, 5.41) is 10.6. The maximum atomic E-state index is 13.1. The fourth-order valence-corrected chi connectivity index (χ4v) is 13.7. The number of hydrogen-bond donors (Lipinski definition) is 3. The third kappa shape index (κ3) is 72.2. The number of aliphatic hydroxyl groups excluding tert-OH is 1. The average Bonchev–Trinajstić information content (AvgIpc) is 2.96. The molecule has 0 aromatic carbocycles. The first-order chi connectivity index (χ1) is 47.2. The summed E-state index contributed by atoms with van der Waals surface area (Å²) in [5.41, 5.74) is 0. The minimum atomic E-state index is -4.96. The normalized spacial score (nSPS) is 13.8. The molecule has 0 fully saturated rings. The van der Waals surface area contributed by atoms with Gasteiger partial charge in [0.25, 0.3) is 0 Å². The Labute approximate surface area is 594 Å². The number of phosphoric acid groups is 2. The Kier molecular flexibility index (Phi) is 71.0. The molecule has 0 heterocycles. The second-order valence-electron chi connectivity index (χ2n) is 28.1. The number of esters is 4. The van der Waals surface area contributed by atoms with Crippen LogP contribution in [0.4, 0.5) is 0 Å². The van der Waals surface area contributed by atoms with E-state index in [2.05, 4.69) is 27.7 Å². The highest BCUT2D eigenvalue weighted by Crippen LogP contribution is 2.45. The van der Waals surface area contributed by atoms with Gasteiger partial charge in [-0.2, -0.15) is 0 Å². The summed E-state index contributed by atoms with van der Waals surface area (Å²) >= 11 is 0. The van der Waals surface area contributed by atoms with Gasteiger partial charge < -0.3 is 33.8 Å². The van der Waals surface area contributed by atoms with Crippen LogP contribution in [0, 0.1) is 0 Å². The van der Waals surface area contributed by atoms with E-state index in [0.717, 1.165) is 89.9 Å². The van der Waals surface area contributed by atoms with Crippen LogP contribution < -0.4 is 0 Å². The molecule has 17 nitrogen and oxygen atoms in total. The van der Waals surface area contributed by atoms with E-state index < -0.39 is 97.5 Å². The summed E-state index contributed by atoms with van der Waals surface area (Å²) in [5.74, 6) is -2.11. The van der Waals surface area contributed by atoms with Gasteiger partial charge in [-0.1, -0.05) is 368 Å². The smallest absolute Gasteiger partial charge is 0.462 e. The zero-order chi connectivity index (χ0) is 71.1. The molecule has 0 aromatic heterocycles. The SMILES string of the molecule is CCCCCCCCCCCCCCCCCCCCCCC(=O)O[C@H](COC(=O)CCCCCCCCCCCCCCCCC)COP(=O)(O)OC[C@@H](O)COP(=O)(O)OC[C@@H](COC(=O)CCCCCCCCCCCCC)OC(=O)CCCCCCCCCCCCC. The highest BCUT2D eigenvalue weighted by atomic mass is 31.2. The molecule has 0 rings (SSSR count). The molecule has 0 aliphatic rings. The van der Waals surface area contributed by atoms with Crippen molar-refractivity contribution in [2.45, 2.75) is 438 Å². The van der Waals surface area contributed by atoms with Crippen molar-refractivity contribution in [2.75, 3.05) is 39.6 Å². The predicted molar refractivity (Wildman–Crippen MR) is 395 cm³/mol. The van der Waals surface area contributed by atoms with Crippen LogP contribution in [-0.4, -0.2) is 96.7 Å². The van der Waals surface area contributed by atoms with Crippen molar-refractivity contribution in [3.63, 3.8) is 0 Å². The van der Waals surface area contributed by atoms with E-state index in [-0.39, 0.29) is 25.7 Å². The second-order valence-corrected chi connectivity index (χ2v) is 31.0. The molecule has 576 valence electrons. The molecule has 0 spiro atoms. The monoisotopic (exact) mass is 1420 g/mol. The van der Waals surface area contributed by atoms with E-state index in [1.165, 1.54) is 250 Å². The van der Waals surface area contributed by atoms with Crippen molar-refractivity contribution >= 4 is 39.5 Å². The number of phosphoric ester groups is 2. The lowest BCUT2D eigenvalue weighted by Crippen LogP contribution is -2.30. The van der Waals surface area contributed by atoms with Gasteiger partial charge in [0.1, 0.15) is 19.3 Å². The Hall–Kier alpha value is -1.94. The molecule has 0 aliphatic carbocycles. The summed E-state index contributed by atoms with van der Waals surface area (Å²) in [6, 6.07) is 0. The molecule has 19 heteroatoms. The summed E-state index contributed by atoms with van der Waals surface area (Å²) in [4.78, 5) is 72.9. The number of rotatable bonds is 79. The van der Waals surface area contributed by atoms with E-state index in [0.29, 0.717) is 25.7 Å². The lowest BCUT2D eigenvalue weighted by Gasteiger charge is -2.21. The van der Waals surface area contributed by atoms with Crippen molar-refractivity contribution in [1.29, 1.82) is 0 Å². The molecule has 2 unspecified atom stereocenters. The zero-order valence-electron chi connectivity index (χ0n) is 63.1. The molecule has 0 saturated carbocycles. The number of aliphatic hydroxyl groups is 1. The molecule has 97 heavy (non-hydrogen) atoms. The van der Waals surface area contributed by atoms with Crippen LogP contribution in [0.15, 0.2) is 0 Å². The van der Waals surface area contributed by atoms with Crippen molar-refractivity contribution < 1.29 is 80.2 Å². The third-order valence-corrected chi connectivity index (χ3v) is 20.3. The summed E-state index contributed by atoms with van der Waals surface area (Å²) in [7, 11) is -9.91. The summed E-state index contributed by atoms with van der Waals surface area (Å²) in [6.07, 6.45) is 63.7. The van der Waals surface area contributed by atoms with E-state index in [9.17, 15) is 43.2 Å². The van der Waals surface area contributed by atoms with Crippen LogP contribution in [0.3, 0.4) is 0 Å². The molecular weight excluding hydrogens is 1270 g/mol. The first-order valence-corrected chi connectivity index (χ1v) is 43.8. The predicted octanol–water partition coefficient (Wildman–Crippen LogP) is 23.4. The molecule has 0 aromatic rings. The molecule has 0 bridgehead atoms. The standard InChI is InChI=1S/C78H152O17P2/c1-5-9-13-17-21-25-29-31-33-34-35-36-37-39-41-45-49-53-57-61-65-78(83)95-74(69-89-76(81)63-59-55-51-47-44-40-38-32-30-26-22-18-14-10-6-2)71-93-97(86,87)91-67-72(79)66-90-96(84,85)92-70-73(94-77(82)64-60-56-52-48-43-28-24-20-16-12-8-4)68-88-75(80)62-58-54-50-46-42-27-23-19-15-11-7-3/h72-74,79H,5-71H2,1-4H3,(H,84,85)(H,86,87)/t72-,73+,74+/m0/s1. The van der Waals surface area contributed by atoms with Crippen LogP contribution in [0.25, 0.3) is 0 Å². The van der Waals surface area contributed by atoms with Crippen LogP contribution in [-0.2, 0) is 65.4 Å². The Morgan fingerprint density at radius 1 is 0.247 bits per heavy atom. The van der Waals surface area contributed by atoms with Crippen molar-refractivity contribution in [3.05, 3.63) is 0 Å². The topological polar surface area (TPSA) is 237 Å². The Bertz CT molecular complexity index is 1840. The van der Waals surface area contributed by atoms with Gasteiger partial charge in [0.15, 0.2) is 12.2 Å². The van der Waals surface area contributed by atoms with Crippen molar-refractivity contribution in [1.82, 2.24) is 0 Å². The van der Waals surface area contributed by atoms with Gasteiger partial charge in [-0.25, -0.2) is 9.13 Å². The van der Waals surface area contributed by atoms with Crippen molar-refractivity contribution in [3.8, 4) is 0 Å². The van der Waals surface area contributed by atoms with Gasteiger partial charge in [-0.05, 0) is 25.7 Å². The number of hydrogen-bond acceptors (Lipinski definition) is 15. The molecular formula is C78H152O17P2. The van der Waals surface area contributed by atoms with Gasteiger partial charge in [0.05, 0.1) is 26.4 Å². The summed E-state index contributed by atoms with van der Waals surface area (Å²) < 4.78 is 68.6. The molecule has 0 radical (unpaired) electrons. The minimum absolute atomic E-state index is 0.108. The van der Waals surface area contributed by atoms with Crippen LogP contribution in [0.2, 0.25) is 0 Å². The number of carbonyl (C=O) groups is 4. The average molecular weight is 1420 g/mol. The van der Waals surface area contributed by atoms with E-state index in [1.807, 2.05) is 0 Å². The highest BCUT2D eigenvalue weighted by Gasteiger charge is 2.30.